The zero-order chi connectivity index (χ0) is 20.3. The van der Waals surface area contributed by atoms with E-state index >= 15 is 0 Å². The molecule has 1 atom stereocenters. The summed E-state index contributed by atoms with van der Waals surface area (Å²) in [5, 5.41) is 28.4. The molecule has 2 heterocycles. The molecule has 0 unspecified atom stereocenters. The lowest BCUT2D eigenvalue weighted by Crippen LogP contribution is -2.50. The first-order chi connectivity index (χ1) is 13.4. The molecule has 0 aromatic heterocycles. The standard InChI is InChI=1S/C18H23BN2O7/c22-11-16(24)21-6-4-20(5-7-21)10-14(23)9-13-8-12-2-1-3-15(18(25)26)17(12)28-19(13)27/h1-3,13,22,27H,4-11H2,(H,25,26)/t13-/m1/s1. The lowest BCUT2D eigenvalue weighted by molar-refractivity contribution is -0.136. The van der Waals surface area contributed by atoms with E-state index in [-0.39, 0.29) is 36.0 Å². The summed E-state index contributed by atoms with van der Waals surface area (Å²) in [5.74, 6) is -1.77. The van der Waals surface area contributed by atoms with E-state index in [1.807, 2.05) is 4.90 Å². The van der Waals surface area contributed by atoms with Crippen molar-refractivity contribution in [1.82, 2.24) is 9.80 Å². The molecule has 0 bridgehead atoms. The zero-order valence-corrected chi connectivity index (χ0v) is 15.4. The molecule has 10 heteroatoms. The number of carbonyl (C=O) groups excluding carboxylic acids is 2. The third kappa shape index (κ3) is 4.52. The van der Waals surface area contributed by atoms with Crippen LogP contribution in [0.15, 0.2) is 18.2 Å². The van der Waals surface area contributed by atoms with Gasteiger partial charge in [-0.15, -0.1) is 0 Å². The van der Waals surface area contributed by atoms with Crippen LogP contribution in [0.1, 0.15) is 22.3 Å². The Morgan fingerprint density at radius 3 is 2.54 bits per heavy atom. The number of aromatic carboxylic acids is 1. The smallest absolute Gasteiger partial charge is 0.526 e. The number of aliphatic hydroxyl groups is 1. The number of aliphatic hydroxyl groups excluding tert-OH is 1. The van der Waals surface area contributed by atoms with Gasteiger partial charge in [-0.05, 0) is 18.1 Å². The third-order valence-electron chi connectivity index (χ3n) is 5.20. The van der Waals surface area contributed by atoms with Crippen LogP contribution < -0.4 is 4.65 Å². The van der Waals surface area contributed by atoms with Crippen LogP contribution in [0.25, 0.3) is 0 Å². The van der Waals surface area contributed by atoms with E-state index < -0.39 is 25.5 Å². The van der Waals surface area contributed by atoms with E-state index in [4.69, 9.17) is 9.76 Å². The Morgan fingerprint density at radius 2 is 1.89 bits per heavy atom. The van der Waals surface area contributed by atoms with Gasteiger partial charge >= 0.3 is 13.1 Å². The molecular formula is C18H23BN2O7. The van der Waals surface area contributed by atoms with Gasteiger partial charge in [0.05, 0.1) is 12.1 Å². The fourth-order valence-corrected chi connectivity index (χ4v) is 3.69. The minimum absolute atomic E-state index is 0.00313. The number of ketones is 1. The molecule has 3 rings (SSSR count). The first-order valence-corrected chi connectivity index (χ1v) is 9.21. The van der Waals surface area contributed by atoms with E-state index in [1.165, 1.54) is 6.07 Å². The molecule has 1 saturated heterocycles. The maximum atomic E-state index is 12.5. The third-order valence-corrected chi connectivity index (χ3v) is 5.20. The summed E-state index contributed by atoms with van der Waals surface area (Å²) in [6.45, 7) is 1.73. The number of benzene rings is 1. The van der Waals surface area contributed by atoms with Gasteiger partial charge in [0.15, 0.2) is 0 Å². The van der Waals surface area contributed by atoms with Crippen molar-refractivity contribution < 1.29 is 34.3 Å². The number of rotatable bonds is 6. The number of piperazine rings is 1. The highest BCUT2D eigenvalue weighted by atomic mass is 16.5. The number of Topliss-reactive ketones (excluding diaryl/α,β-unsaturated/α-hetero) is 1. The minimum Gasteiger partial charge on any atom is -0.535 e. The average molecular weight is 390 g/mol. The zero-order valence-electron chi connectivity index (χ0n) is 15.4. The topological polar surface area (TPSA) is 128 Å². The van der Waals surface area contributed by atoms with Crippen molar-refractivity contribution in [3.63, 3.8) is 0 Å². The summed E-state index contributed by atoms with van der Waals surface area (Å²) in [4.78, 5) is 38.7. The maximum absolute atomic E-state index is 12.5. The number of carboxylic acids is 1. The molecule has 2 aliphatic rings. The molecule has 1 fully saturated rings. The summed E-state index contributed by atoms with van der Waals surface area (Å²) in [6, 6.07) is 4.78. The molecule has 0 saturated carbocycles. The number of hydrogen-bond acceptors (Lipinski definition) is 7. The molecule has 1 aromatic carbocycles. The molecule has 2 aliphatic heterocycles. The second-order valence-electron chi connectivity index (χ2n) is 7.13. The lowest BCUT2D eigenvalue weighted by Gasteiger charge is -2.34. The van der Waals surface area contributed by atoms with Crippen LogP contribution in [0.5, 0.6) is 5.75 Å². The highest BCUT2D eigenvalue weighted by Crippen LogP contribution is 2.36. The highest BCUT2D eigenvalue weighted by molar-refractivity contribution is 6.47. The largest absolute Gasteiger partial charge is 0.535 e. The van der Waals surface area contributed by atoms with E-state index in [1.54, 1.807) is 17.0 Å². The van der Waals surface area contributed by atoms with E-state index in [2.05, 4.69) is 0 Å². The van der Waals surface area contributed by atoms with Crippen molar-refractivity contribution in [2.24, 2.45) is 0 Å². The number of fused-ring (bicyclic) bond motifs is 1. The van der Waals surface area contributed by atoms with Crippen molar-refractivity contribution in [3.05, 3.63) is 29.3 Å². The van der Waals surface area contributed by atoms with Crippen LogP contribution >= 0.6 is 0 Å². The van der Waals surface area contributed by atoms with Gasteiger partial charge in [0.1, 0.15) is 18.1 Å². The van der Waals surface area contributed by atoms with Gasteiger partial charge in [-0.1, -0.05) is 12.1 Å². The van der Waals surface area contributed by atoms with Gasteiger partial charge in [0, 0.05) is 38.4 Å². The van der Waals surface area contributed by atoms with Crippen molar-refractivity contribution in [2.75, 3.05) is 39.3 Å². The Balaban J connectivity index is 1.55. The minimum atomic E-state index is -1.24. The molecule has 1 amide bonds. The molecular weight excluding hydrogens is 367 g/mol. The lowest BCUT2D eigenvalue weighted by atomic mass is 9.64. The summed E-state index contributed by atoms with van der Waals surface area (Å²) in [7, 11) is -1.24. The first-order valence-electron chi connectivity index (χ1n) is 9.21. The fourth-order valence-electron chi connectivity index (χ4n) is 3.69. The molecule has 0 radical (unpaired) electrons. The summed E-state index contributed by atoms with van der Waals surface area (Å²) in [5.41, 5.74) is 0.663. The number of amides is 1. The summed E-state index contributed by atoms with van der Waals surface area (Å²) < 4.78 is 5.42. The van der Waals surface area contributed by atoms with Crippen LogP contribution in [0.3, 0.4) is 0 Å². The van der Waals surface area contributed by atoms with E-state index in [0.717, 1.165) is 0 Å². The summed E-state index contributed by atoms with van der Waals surface area (Å²) in [6.07, 6.45) is 0.482. The number of carbonyl (C=O) groups is 3. The van der Waals surface area contributed by atoms with Crippen LogP contribution in [-0.2, 0) is 16.0 Å². The molecule has 0 aliphatic carbocycles. The molecule has 3 N–H and O–H groups in total. The second-order valence-corrected chi connectivity index (χ2v) is 7.13. The summed E-state index contributed by atoms with van der Waals surface area (Å²) >= 11 is 0. The van der Waals surface area contributed by atoms with Gasteiger partial charge < -0.3 is 24.8 Å². The fraction of sp³-hybridized carbons (Fsp3) is 0.500. The van der Waals surface area contributed by atoms with Gasteiger partial charge in [-0.2, -0.15) is 0 Å². The number of nitrogens with zero attached hydrogens (tertiary/aromatic N) is 2. The van der Waals surface area contributed by atoms with Crippen molar-refractivity contribution in [1.29, 1.82) is 0 Å². The maximum Gasteiger partial charge on any atom is 0.526 e. The SMILES string of the molecule is O=C(C[C@H]1Cc2cccc(C(=O)O)c2OB1O)CN1CCN(C(=O)CO)CC1. The highest BCUT2D eigenvalue weighted by Gasteiger charge is 2.38. The molecule has 28 heavy (non-hydrogen) atoms. The Hall–Kier alpha value is -2.43. The van der Waals surface area contributed by atoms with Crippen LogP contribution in [-0.4, -0.2) is 89.1 Å². The van der Waals surface area contributed by atoms with Crippen molar-refractivity contribution in [2.45, 2.75) is 18.7 Å². The Kier molecular flexibility index (Phi) is 6.33. The molecule has 9 nitrogen and oxygen atoms in total. The molecule has 150 valence electrons. The van der Waals surface area contributed by atoms with E-state index in [0.29, 0.717) is 38.2 Å². The first kappa shape index (κ1) is 20.3. The van der Waals surface area contributed by atoms with Crippen molar-refractivity contribution >= 4 is 24.8 Å². The average Bonchev–Trinajstić information content (AvgIpc) is 2.68. The number of carboxylic acid groups (broad SMARTS) is 1. The van der Waals surface area contributed by atoms with Gasteiger partial charge in [0.25, 0.3) is 0 Å². The Labute approximate surface area is 162 Å². The van der Waals surface area contributed by atoms with Crippen LogP contribution in [0, 0.1) is 0 Å². The van der Waals surface area contributed by atoms with Gasteiger partial charge in [-0.3, -0.25) is 14.5 Å². The quantitative estimate of drug-likeness (QED) is 0.543. The molecule has 0 spiro atoms. The Morgan fingerprint density at radius 1 is 1.18 bits per heavy atom. The van der Waals surface area contributed by atoms with E-state index in [9.17, 15) is 24.5 Å². The monoisotopic (exact) mass is 390 g/mol. The van der Waals surface area contributed by atoms with Gasteiger partial charge in [-0.25, -0.2) is 4.79 Å². The van der Waals surface area contributed by atoms with Crippen LogP contribution in [0.4, 0.5) is 0 Å². The predicted molar refractivity (Wildman–Crippen MR) is 99.2 cm³/mol. The molecule has 1 aromatic rings. The van der Waals surface area contributed by atoms with Crippen molar-refractivity contribution in [3.8, 4) is 5.75 Å². The predicted octanol–water partition coefficient (Wildman–Crippen LogP) is -0.734. The number of para-hydroxylation sites is 1. The second kappa shape index (κ2) is 8.72. The van der Waals surface area contributed by atoms with Crippen LogP contribution in [0.2, 0.25) is 5.82 Å². The van der Waals surface area contributed by atoms with Gasteiger partial charge in [0.2, 0.25) is 5.91 Å². The number of hydrogen-bond donors (Lipinski definition) is 3. The Bertz CT molecular complexity index is 764. The normalized spacial score (nSPS) is 19.7.